The quantitative estimate of drug-likeness (QED) is 0.560. The van der Waals surface area contributed by atoms with Gasteiger partial charge in [0, 0.05) is 5.02 Å². The van der Waals surface area contributed by atoms with Crippen molar-refractivity contribution in [2.45, 2.75) is 0 Å². The van der Waals surface area contributed by atoms with Crippen LogP contribution in [0.2, 0.25) is 5.02 Å². The SMILES string of the molecule is [C-]#[N+]c1cc(Cl)ccc1/C=C/c1ccc(OC)cc1. The zero-order valence-corrected chi connectivity index (χ0v) is 11.2. The van der Waals surface area contributed by atoms with Crippen molar-refractivity contribution >= 4 is 29.4 Å². The Morgan fingerprint density at radius 1 is 1.11 bits per heavy atom. The maximum atomic E-state index is 7.13. The van der Waals surface area contributed by atoms with Gasteiger partial charge in [0.15, 0.2) is 5.69 Å². The first-order chi connectivity index (χ1) is 9.22. The van der Waals surface area contributed by atoms with Gasteiger partial charge in [-0.1, -0.05) is 42.0 Å². The molecule has 0 unspecified atom stereocenters. The van der Waals surface area contributed by atoms with E-state index in [0.717, 1.165) is 16.9 Å². The average molecular weight is 270 g/mol. The summed E-state index contributed by atoms with van der Waals surface area (Å²) in [6, 6.07) is 13.0. The second-order valence-electron chi connectivity index (χ2n) is 3.92. The van der Waals surface area contributed by atoms with Crippen molar-refractivity contribution in [3.8, 4) is 5.75 Å². The van der Waals surface area contributed by atoms with E-state index in [4.69, 9.17) is 22.9 Å². The first-order valence-corrected chi connectivity index (χ1v) is 6.10. The molecule has 2 aromatic rings. The van der Waals surface area contributed by atoms with Gasteiger partial charge in [0.05, 0.1) is 13.7 Å². The summed E-state index contributed by atoms with van der Waals surface area (Å²) in [7, 11) is 1.64. The molecule has 0 spiro atoms. The zero-order valence-electron chi connectivity index (χ0n) is 10.4. The molecule has 0 aliphatic carbocycles. The Morgan fingerprint density at radius 2 is 1.84 bits per heavy atom. The van der Waals surface area contributed by atoms with Crippen LogP contribution in [0, 0.1) is 6.57 Å². The fourth-order valence-corrected chi connectivity index (χ4v) is 1.82. The zero-order chi connectivity index (χ0) is 13.7. The molecule has 0 atom stereocenters. The second-order valence-corrected chi connectivity index (χ2v) is 4.36. The van der Waals surface area contributed by atoms with Crippen LogP contribution >= 0.6 is 11.6 Å². The maximum Gasteiger partial charge on any atom is 0.195 e. The van der Waals surface area contributed by atoms with E-state index < -0.39 is 0 Å². The van der Waals surface area contributed by atoms with E-state index in [2.05, 4.69) is 4.85 Å². The molecule has 0 aliphatic heterocycles. The monoisotopic (exact) mass is 269 g/mol. The third-order valence-electron chi connectivity index (χ3n) is 2.68. The van der Waals surface area contributed by atoms with Crippen LogP contribution in [-0.4, -0.2) is 7.11 Å². The summed E-state index contributed by atoms with van der Waals surface area (Å²) in [5.41, 5.74) is 2.46. The molecule has 94 valence electrons. The lowest BCUT2D eigenvalue weighted by atomic mass is 10.1. The first-order valence-electron chi connectivity index (χ1n) is 5.72. The Labute approximate surface area is 117 Å². The van der Waals surface area contributed by atoms with Crippen molar-refractivity contribution in [1.82, 2.24) is 0 Å². The molecule has 0 amide bonds. The molecule has 3 heteroatoms. The van der Waals surface area contributed by atoms with Crippen molar-refractivity contribution < 1.29 is 4.74 Å². The van der Waals surface area contributed by atoms with Crippen LogP contribution < -0.4 is 4.74 Å². The predicted molar refractivity (Wildman–Crippen MR) is 79.6 cm³/mol. The van der Waals surface area contributed by atoms with E-state index in [-0.39, 0.29) is 0 Å². The van der Waals surface area contributed by atoms with E-state index in [1.807, 2.05) is 42.5 Å². The van der Waals surface area contributed by atoms with Gasteiger partial charge < -0.3 is 4.74 Å². The first kappa shape index (κ1) is 13.2. The van der Waals surface area contributed by atoms with Gasteiger partial charge in [-0.05, 0) is 35.4 Å². The van der Waals surface area contributed by atoms with Crippen LogP contribution in [0.1, 0.15) is 11.1 Å². The van der Waals surface area contributed by atoms with Crippen molar-refractivity contribution in [2.75, 3.05) is 7.11 Å². The summed E-state index contributed by atoms with van der Waals surface area (Å²) >= 11 is 5.86. The standard InChI is InChI=1S/C16H12ClNO/c1-18-16-11-14(17)8-7-13(16)6-3-12-4-9-15(19-2)10-5-12/h3-11H,2H3/b6-3+. The highest BCUT2D eigenvalue weighted by Crippen LogP contribution is 2.25. The van der Waals surface area contributed by atoms with Crippen LogP contribution in [-0.2, 0) is 0 Å². The Hall–Kier alpha value is -2.24. The van der Waals surface area contributed by atoms with Gasteiger partial charge in [0.2, 0.25) is 0 Å². The summed E-state index contributed by atoms with van der Waals surface area (Å²) in [5.74, 6) is 0.825. The smallest absolute Gasteiger partial charge is 0.195 e. The van der Waals surface area contributed by atoms with Gasteiger partial charge in [-0.15, -0.1) is 0 Å². The highest BCUT2D eigenvalue weighted by Gasteiger charge is 1.99. The normalized spacial score (nSPS) is 10.4. The third-order valence-corrected chi connectivity index (χ3v) is 2.92. The van der Waals surface area contributed by atoms with Gasteiger partial charge in [-0.25, -0.2) is 4.85 Å². The van der Waals surface area contributed by atoms with Crippen LogP contribution in [0.15, 0.2) is 42.5 Å². The van der Waals surface area contributed by atoms with E-state index in [0.29, 0.717) is 10.7 Å². The molecule has 0 aliphatic rings. The number of nitrogens with zero attached hydrogens (tertiary/aromatic N) is 1. The van der Waals surface area contributed by atoms with Crippen LogP contribution in [0.3, 0.4) is 0 Å². The van der Waals surface area contributed by atoms with E-state index in [1.54, 1.807) is 19.2 Å². The highest BCUT2D eigenvalue weighted by molar-refractivity contribution is 6.31. The van der Waals surface area contributed by atoms with Gasteiger partial charge in [-0.2, -0.15) is 0 Å². The number of benzene rings is 2. The van der Waals surface area contributed by atoms with Crippen molar-refractivity contribution in [3.63, 3.8) is 0 Å². The van der Waals surface area contributed by atoms with Gasteiger partial charge >= 0.3 is 0 Å². The molecule has 2 aromatic carbocycles. The van der Waals surface area contributed by atoms with Gasteiger partial charge in [0.1, 0.15) is 5.75 Å². The minimum absolute atomic E-state index is 0.553. The Kier molecular flexibility index (Phi) is 4.22. The second kappa shape index (κ2) is 6.08. The minimum Gasteiger partial charge on any atom is -0.497 e. The lowest BCUT2D eigenvalue weighted by Gasteiger charge is -2.00. The number of methoxy groups -OCH3 is 1. The molecule has 0 N–H and O–H groups in total. The minimum atomic E-state index is 0.553. The summed E-state index contributed by atoms with van der Waals surface area (Å²) in [5, 5.41) is 0.576. The molecule has 0 bridgehead atoms. The number of ether oxygens (including phenoxy) is 1. The fourth-order valence-electron chi connectivity index (χ4n) is 1.66. The van der Waals surface area contributed by atoms with E-state index in [9.17, 15) is 0 Å². The molecule has 0 heterocycles. The average Bonchev–Trinajstić information content (AvgIpc) is 2.46. The molecule has 0 fully saturated rings. The Balaban J connectivity index is 2.25. The summed E-state index contributed by atoms with van der Waals surface area (Å²) in [6.07, 6.45) is 3.86. The van der Waals surface area contributed by atoms with Crippen LogP contribution in [0.5, 0.6) is 5.75 Å². The molecule has 0 aromatic heterocycles. The highest BCUT2D eigenvalue weighted by atomic mass is 35.5. The third kappa shape index (κ3) is 3.37. The summed E-state index contributed by atoms with van der Waals surface area (Å²) in [4.78, 5) is 3.47. The lowest BCUT2D eigenvalue weighted by Crippen LogP contribution is -1.81. The van der Waals surface area contributed by atoms with Crippen LogP contribution in [0.25, 0.3) is 17.0 Å². The topological polar surface area (TPSA) is 13.6 Å². The number of rotatable bonds is 3. The molecule has 2 rings (SSSR count). The number of hydrogen-bond donors (Lipinski definition) is 0. The summed E-state index contributed by atoms with van der Waals surface area (Å²) in [6.45, 7) is 7.13. The number of hydrogen-bond acceptors (Lipinski definition) is 1. The molecular weight excluding hydrogens is 258 g/mol. The maximum absolute atomic E-state index is 7.13. The summed E-state index contributed by atoms with van der Waals surface area (Å²) < 4.78 is 5.10. The molecule has 2 nitrogen and oxygen atoms in total. The number of halogens is 1. The largest absolute Gasteiger partial charge is 0.497 e. The Morgan fingerprint density at radius 3 is 2.47 bits per heavy atom. The van der Waals surface area contributed by atoms with Crippen molar-refractivity contribution in [3.05, 3.63) is 70.0 Å². The lowest BCUT2D eigenvalue weighted by molar-refractivity contribution is 0.415. The van der Waals surface area contributed by atoms with Gasteiger partial charge in [-0.3, -0.25) is 0 Å². The molecule has 0 radical (unpaired) electrons. The van der Waals surface area contributed by atoms with Gasteiger partial charge in [0.25, 0.3) is 0 Å². The molecule has 0 saturated heterocycles. The van der Waals surface area contributed by atoms with Crippen LogP contribution in [0.4, 0.5) is 5.69 Å². The van der Waals surface area contributed by atoms with E-state index >= 15 is 0 Å². The fraction of sp³-hybridized carbons (Fsp3) is 0.0625. The molecular formula is C16H12ClNO. The Bertz CT molecular complexity index is 639. The molecule has 19 heavy (non-hydrogen) atoms. The predicted octanol–water partition coefficient (Wildman–Crippen LogP) is 5.07. The van der Waals surface area contributed by atoms with E-state index in [1.165, 1.54) is 0 Å². The van der Waals surface area contributed by atoms with Crippen molar-refractivity contribution in [2.24, 2.45) is 0 Å². The molecule has 0 saturated carbocycles. The van der Waals surface area contributed by atoms with Crippen molar-refractivity contribution in [1.29, 1.82) is 0 Å².